The molecule has 0 saturated carbocycles. The van der Waals surface area contributed by atoms with Crippen molar-refractivity contribution in [3.05, 3.63) is 80.5 Å². The number of nitrogens with one attached hydrogen (secondary N) is 2. The number of aryl methyl sites for hydroxylation is 2. The number of likely N-dealkylation sites (tertiary alicyclic amines) is 2. The van der Waals surface area contributed by atoms with Gasteiger partial charge >= 0.3 is 0 Å². The van der Waals surface area contributed by atoms with Crippen molar-refractivity contribution in [2.75, 3.05) is 56.5 Å². The van der Waals surface area contributed by atoms with Crippen molar-refractivity contribution in [2.24, 2.45) is 12.5 Å². The summed E-state index contributed by atoms with van der Waals surface area (Å²) in [5.41, 5.74) is 5.21. The number of hydrogen-bond donors (Lipinski definition) is 2. The van der Waals surface area contributed by atoms with E-state index in [0.717, 1.165) is 93.9 Å². The van der Waals surface area contributed by atoms with Gasteiger partial charge in [0.05, 0.1) is 35.4 Å². The van der Waals surface area contributed by atoms with Crippen molar-refractivity contribution in [1.29, 1.82) is 0 Å². The number of rotatable bonds is 6. The number of pyridine rings is 1. The molecular formula is C38H47ClN8O4. The molecule has 3 aromatic rings. The van der Waals surface area contributed by atoms with Crippen LogP contribution in [0.15, 0.2) is 47.5 Å². The lowest BCUT2D eigenvalue weighted by atomic mass is 9.71. The van der Waals surface area contributed by atoms with Gasteiger partial charge in [-0.15, -0.1) is 0 Å². The zero-order valence-corrected chi connectivity index (χ0v) is 30.4. The monoisotopic (exact) mass is 714 g/mol. The normalized spacial score (nSPS) is 24.0. The van der Waals surface area contributed by atoms with E-state index in [1.807, 2.05) is 30.2 Å². The van der Waals surface area contributed by atoms with Gasteiger partial charge < -0.3 is 20.0 Å². The van der Waals surface area contributed by atoms with Crippen LogP contribution in [0.5, 0.6) is 0 Å². The van der Waals surface area contributed by atoms with E-state index in [4.69, 9.17) is 16.6 Å². The van der Waals surface area contributed by atoms with Crippen LogP contribution in [0.4, 0.5) is 11.4 Å². The van der Waals surface area contributed by atoms with Gasteiger partial charge in [-0.1, -0.05) is 23.7 Å². The van der Waals surface area contributed by atoms with Gasteiger partial charge in [-0.05, 0) is 93.2 Å². The van der Waals surface area contributed by atoms with Crippen LogP contribution >= 0.6 is 11.6 Å². The summed E-state index contributed by atoms with van der Waals surface area (Å²) in [7, 11) is 3.68. The first-order valence-corrected chi connectivity index (χ1v) is 18.5. The highest BCUT2D eigenvalue weighted by Crippen LogP contribution is 2.43. The summed E-state index contributed by atoms with van der Waals surface area (Å²) in [4.78, 5) is 61.2. The van der Waals surface area contributed by atoms with Crippen molar-refractivity contribution in [3.63, 3.8) is 0 Å². The van der Waals surface area contributed by atoms with Gasteiger partial charge in [0.15, 0.2) is 0 Å². The van der Waals surface area contributed by atoms with Gasteiger partial charge in [0.2, 0.25) is 11.8 Å². The quantitative estimate of drug-likeness (QED) is 0.363. The predicted molar refractivity (Wildman–Crippen MR) is 196 cm³/mol. The second kappa shape index (κ2) is 14.4. The third kappa shape index (κ3) is 7.39. The second-order valence-corrected chi connectivity index (χ2v) is 15.5. The van der Waals surface area contributed by atoms with Crippen LogP contribution in [-0.4, -0.2) is 94.6 Å². The molecule has 51 heavy (non-hydrogen) atoms. The Balaban J connectivity index is 0.911. The van der Waals surface area contributed by atoms with Crippen molar-refractivity contribution >= 4 is 40.7 Å². The molecule has 4 fully saturated rings. The van der Waals surface area contributed by atoms with E-state index in [9.17, 15) is 19.2 Å². The highest BCUT2D eigenvalue weighted by Gasteiger charge is 2.39. The summed E-state index contributed by atoms with van der Waals surface area (Å²) >= 11 is 6.32. The van der Waals surface area contributed by atoms with Crippen molar-refractivity contribution in [2.45, 2.75) is 69.7 Å². The molecule has 1 aromatic carbocycles. The van der Waals surface area contributed by atoms with E-state index in [2.05, 4.69) is 50.8 Å². The molecule has 2 aromatic heterocycles. The van der Waals surface area contributed by atoms with Crippen LogP contribution in [0.25, 0.3) is 0 Å². The van der Waals surface area contributed by atoms with Crippen LogP contribution in [0.1, 0.15) is 84.0 Å². The van der Waals surface area contributed by atoms with Crippen LogP contribution < -0.4 is 21.1 Å². The van der Waals surface area contributed by atoms with Gasteiger partial charge in [-0.2, -0.15) is 5.10 Å². The van der Waals surface area contributed by atoms with E-state index >= 15 is 0 Å². The van der Waals surface area contributed by atoms with Crippen LogP contribution in [0, 0.1) is 12.3 Å². The summed E-state index contributed by atoms with van der Waals surface area (Å²) in [5.74, 6) is -0.475. The number of anilines is 2. The Morgan fingerprint density at radius 3 is 2.37 bits per heavy atom. The Kier molecular flexibility index (Phi) is 9.91. The molecule has 7 rings (SSSR count). The van der Waals surface area contributed by atoms with Crippen LogP contribution in [0.3, 0.4) is 0 Å². The number of amides is 3. The zero-order chi connectivity index (χ0) is 35.9. The Morgan fingerprint density at radius 1 is 0.980 bits per heavy atom. The number of imide groups is 1. The summed E-state index contributed by atoms with van der Waals surface area (Å²) in [6.45, 7) is 7.14. The summed E-state index contributed by atoms with van der Waals surface area (Å²) < 4.78 is 1.23. The number of carbonyl (C=O) groups excluding carboxylic acids is 3. The Labute approximate surface area is 303 Å². The highest BCUT2D eigenvalue weighted by molar-refractivity contribution is 6.32. The van der Waals surface area contributed by atoms with Gasteiger partial charge in [0.25, 0.3) is 11.5 Å². The first-order chi connectivity index (χ1) is 24.5. The molecule has 0 bridgehead atoms. The number of likely N-dealkylation sites (N-methyl/N-ethyl adjacent to an activating group) is 1. The van der Waals surface area contributed by atoms with Gasteiger partial charge in [-0.25, -0.2) is 4.68 Å². The average molecular weight is 715 g/mol. The van der Waals surface area contributed by atoms with E-state index in [1.54, 1.807) is 13.2 Å². The average Bonchev–Trinajstić information content (AvgIpc) is 3.12. The number of halogens is 1. The van der Waals surface area contributed by atoms with Crippen LogP contribution in [-0.2, 0) is 16.6 Å². The van der Waals surface area contributed by atoms with Crippen molar-refractivity contribution in [3.8, 4) is 0 Å². The SMILES string of the molecule is Cc1cc(N2CCC3(CCN(C(=O)c4ccc([C@@H]5C[C@H](Nc6cnn(C)c(=O)c6Cl)CN(C)C5)cc4)CC3)CC2)cnc1C1CCC(=O)NC1=O. The smallest absolute Gasteiger partial charge is 0.287 e. The van der Waals surface area contributed by atoms with E-state index in [1.165, 1.54) is 10.2 Å². The van der Waals surface area contributed by atoms with E-state index < -0.39 is 0 Å². The lowest BCUT2D eigenvalue weighted by Gasteiger charge is -2.47. The number of aromatic nitrogens is 3. The fraction of sp³-hybridized carbons (Fsp3) is 0.526. The predicted octanol–water partition coefficient (Wildman–Crippen LogP) is 4.08. The minimum absolute atomic E-state index is 0.0968. The molecular weight excluding hydrogens is 668 g/mol. The lowest BCUT2D eigenvalue weighted by molar-refractivity contribution is -0.134. The second-order valence-electron chi connectivity index (χ2n) is 15.1. The molecule has 3 atom stereocenters. The van der Waals surface area contributed by atoms with Crippen molar-refractivity contribution in [1.82, 2.24) is 29.9 Å². The van der Waals surface area contributed by atoms with Gasteiger partial charge in [0.1, 0.15) is 5.02 Å². The topological polar surface area (TPSA) is 133 Å². The van der Waals surface area contributed by atoms with Gasteiger partial charge in [0, 0.05) is 64.3 Å². The number of nitrogens with zero attached hydrogens (tertiary/aromatic N) is 6. The maximum atomic E-state index is 13.6. The summed E-state index contributed by atoms with van der Waals surface area (Å²) in [5, 5.41) is 10.1. The summed E-state index contributed by atoms with van der Waals surface area (Å²) in [6, 6.07) is 10.4. The third-order valence-electron chi connectivity index (χ3n) is 11.7. The Morgan fingerprint density at radius 2 is 1.69 bits per heavy atom. The van der Waals surface area contributed by atoms with E-state index in [0.29, 0.717) is 18.5 Å². The molecule has 2 N–H and O–H groups in total. The number of carbonyl (C=O) groups is 3. The molecule has 0 radical (unpaired) electrons. The third-order valence-corrected chi connectivity index (χ3v) is 12.0. The minimum atomic E-state index is -0.375. The molecule has 6 heterocycles. The molecule has 4 saturated heterocycles. The van der Waals surface area contributed by atoms with Crippen LogP contribution in [0.2, 0.25) is 5.02 Å². The molecule has 12 nitrogen and oxygen atoms in total. The highest BCUT2D eigenvalue weighted by atomic mass is 35.5. The summed E-state index contributed by atoms with van der Waals surface area (Å²) in [6.07, 6.45) is 9.36. The molecule has 4 aliphatic heterocycles. The van der Waals surface area contributed by atoms with Gasteiger partial charge in [-0.3, -0.25) is 29.5 Å². The lowest BCUT2D eigenvalue weighted by Crippen LogP contribution is -2.48. The Hall–Kier alpha value is -4.29. The fourth-order valence-corrected chi connectivity index (χ4v) is 8.79. The molecule has 13 heteroatoms. The molecule has 4 aliphatic rings. The first kappa shape index (κ1) is 35.1. The number of benzene rings is 1. The first-order valence-electron chi connectivity index (χ1n) is 18.1. The minimum Gasteiger partial charge on any atom is -0.378 e. The standard InChI is InChI=1S/C38H47ClN8O4/c1-24-18-29(20-40-34(24)30-8-9-32(48)43-35(30)49)46-14-10-38(11-15-46)12-16-47(17-13-38)36(50)26-6-4-25(5-7-26)27-19-28(23-44(2)22-27)42-31-21-41-45(3)37(51)33(31)39/h4-7,18,20-21,27-28,30,42H,8-17,19,22-23H2,1-3H3,(H,43,48,49)/t27-,28+,30?/m1/s1. The maximum absolute atomic E-state index is 13.6. The zero-order valence-electron chi connectivity index (χ0n) is 29.7. The largest absolute Gasteiger partial charge is 0.378 e. The number of piperidine rings is 4. The molecule has 1 unspecified atom stereocenters. The van der Waals surface area contributed by atoms with E-state index in [-0.39, 0.29) is 51.6 Å². The molecule has 1 spiro atoms. The maximum Gasteiger partial charge on any atom is 0.287 e. The van der Waals surface area contributed by atoms with Crippen molar-refractivity contribution < 1.29 is 14.4 Å². The molecule has 0 aliphatic carbocycles. The molecule has 3 amide bonds. The number of hydrogen-bond acceptors (Lipinski definition) is 9. The fourth-order valence-electron chi connectivity index (χ4n) is 8.56. The Bertz CT molecular complexity index is 1860. The molecule has 270 valence electrons.